The van der Waals surface area contributed by atoms with Gasteiger partial charge in [-0.15, -0.1) is 0 Å². The Labute approximate surface area is 101 Å². The smallest absolute Gasteiger partial charge is 0.429 e. The second-order valence-electron chi connectivity index (χ2n) is 5.18. The highest BCUT2D eigenvalue weighted by atomic mass is 16.6. The van der Waals surface area contributed by atoms with Crippen molar-refractivity contribution >= 4 is 12.0 Å². The van der Waals surface area contributed by atoms with Crippen LogP contribution in [-0.4, -0.2) is 51.9 Å². The van der Waals surface area contributed by atoms with Crippen LogP contribution in [0.25, 0.3) is 0 Å². The first-order chi connectivity index (χ1) is 7.70. The maximum atomic E-state index is 11.8. The highest BCUT2D eigenvalue weighted by molar-refractivity contribution is 5.82. The highest BCUT2D eigenvalue weighted by Crippen LogP contribution is 2.17. The number of aliphatic hydroxyl groups is 1. The van der Waals surface area contributed by atoms with Gasteiger partial charge in [-0.1, -0.05) is 0 Å². The van der Waals surface area contributed by atoms with E-state index in [1.807, 2.05) is 0 Å². The number of rotatable bonds is 2. The highest BCUT2D eigenvalue weighted by Gasteiger charge is 2.35. The molecule has 0 spiro atoms. The van der Waals surface area contributed by atoms with Crippen molar-refractivity contribution in [1.29, 1.82) is 0 Å². The molecule has 6 nitrogen and oxygen atoms in total. The molecular formula is C11H20N2O4. The summed E-state index contributed by atoms with van der Waals surface area (Å²) < 4.78 is 5.19. The lowest BCUT2D eigenvalue weighted by atomic mass is 10.2. The van der Waals surface area contributed by atoms with Crippen LogP contribution in [0.5, 0.6) is 0 Å². The molecule has 0 bridgehead atoms. The van der Waals surface area contributed by atoms with E-state index in [4.69, 9.17) is 4.74 Å². The van der Waals surface area contributed by atoms with Gasteiger partial charge in [-0.3, -0.25) is 4.79 Å². The van der Waals surface area contributed by atoms with E-state index in [-0.39, 0.29) is 18.9 Å². The molecule has 1 heterocycles. The number of carbonyl (C=O) groups is 2. The fourth-order valence-corrected chi connectivity index (χ4v) is 1.54. The summed E-state index contributed by atoms with van der Waals surface area (Å²) in [5.74, 6) is -0.170. The monoisotopic (exact) mass is 244 g/mol. The number of amides is 2. The molecule has 1 N–H and O–H groups in total. The molecule has 6 heteroatoms. The molecule has 0 saturated carbocycles. The summed E-state index contributed by atoms with van der Waals surface area (Å²) in [5.41, 5.74) is -0.598. The van der Waals surface area contributed by atoms with Gasteiger partial charge in [0, 0.05) is 6.42 Å². The summed E-state index contributed by atoms with van der Waals surface area (Å²) in [6, 6.07) is 0. The Morgan fingerprint density at radius 1 is 1.53 bits per heavy atom. The quantitative estimate of drug-likeness (QED) is 0.778. The molecule has 2 amide bonds. The lowest BCUT2D eigenvalue weighted by molar-refractivity contribution is -0.139. The number of hydrogen-bond acceptors (Lipinski definition) is 4. The second kappa shape index (κ2) is 4.91. The maximum Gasteiger partial charge on any atom is 0.429 e. The molecule has 1 aliphatic heterocycles. The molecule has 1 fully saturated rings. The number of carbonyl (C=O) groups excluding carboxylic acids is 2. The van der Waals surface area contributed by atoms with E-state index in [1.165, 1.54) is 10.0 Å². The fourth-order valence-electron chi connectivity index (χ4n) is 1.54. The van der Waals surface area contributed by atoms with E-state index >= 15 is 0 Å². The van der Waals surface area contributed by atoms with Crippen LogP contribution in [0, 0.1) is 0 Å². The van der Waals surface area contributed by atoms with Crippen LogP contribution in [0.15, 0.2) is 0 Å². The van der Waals surface area contributed by atoms with Crippen LogP contribution in [0.2, 0.25) is 0 Å². The topological polar surface area (TPSA) is 70.1 Å². The molecule has 98 valence electrons. The van der Waals surface area contributed by atoms with Gasteiger partial charge in [-0.05, 0) is 27.7 Å². The van der Waals surface area contributed by atoms with Crippen molar-refractivity contribution in [3.05, 3.63) is 0 Å². The third kappa shape index (κ3) is 3.89. The van der Waals surface area contributed by atoms with Gasteiger partial charge >= 0.3 is 6.09 Å². The van der Waals surface area contributed by atoms with Gasteiger partial charge in [0.2, 0.25) is 5.91 Å². The predicted molar refractivity (Wildman–Crippen MR) is 61.0 cm³/mol. The van der Waals surface area contributed by atoms with E-state index in [1.54, 1.807) is 27.7 Å². The number of hydrazine groups is 1. The van der Waals surface area contributed by atoms with E-state index < -0.39 is 17.8 Å². The number of nitrogens with zero attached hydrogens (tertiary/aromatic N) is 2. The van der Waals surface area contributed by atoms with E-state index in [2.05, 4.69) is 0 Å². The van der Waals surface area contributed by atoms with Crippen molar-refractivity contribution in [2.75, 3.05) is 13.1 Å². The molecule has 0 aromatic heterocycles. The predicted octanol–water partition coefficient (Wildman–Crippen LogP) is 0.752. The third-order valence-electron chi connectivity index (χ3n) is 2.16. The summed E-state index contributed by atoms with van der Waals surface area (Å²) in [7, 11) is 0. The van der Waals surface area contributed by atoms with Crippen molar-refractivity contribution in [1.82, 2.24) is 10.0 Å². The Morgan fingerprint density at radius 3 is 2.59 bits per heavy atom. The van der Waals surface area contributed by atoms with Crippen molar-refractivity contribution in [2.45, 2.75) is 45.8 Å². The van der Waals surface area contributed by atoms with Crippen LogP contribution in [0.4, 0.5) is 4.79 Å². The first-order valence-corrected chi connectivity index (χ1v) is 5.69. The van der Waals surface area contributed by atoms with Gasteiger partial charge in [0.05, 0.1) is 19.2 Å². The first kappa shape index (κ1) is 13.8. The number of ether oxygens (including phenoxy) is 1. The van der Waals surface area contributed by atoms with Gasteiger partial charge < -0.3 is 9.84 Å². The fraction of sp³-hybridized carbons (Fsp3) is 0.818. The summed E-state index contributed by atoms with van der Waals surface area (Å²) in [5, 5.41) is 11.8. The van der Waals surface area contributed by atoms with E-state index in [0.29, 0.717) is 6.54 Å². The van der Waals surface area contributed by atoms with Gasteiger partial charge in [0.25, 0.3) is 0 Å². The Bertz CT molecular complexity index is 309. The normalized spacial score (nSPS) is 18.5. The second-order valence-corrected chi connectivity index (χ2v) is 5.18. The summed E-state index contributed by atoms with van der Waals surface area (Å²) in [4.78, 5) is 23.4. The van der Waals surface area contributed by atoms with Gasteiger partial charge in [0.15, 0.2) is 0 Å². The zero-order chi connectivity index (χ0) is 13.2. The number of aliphatic hydroxyl groups excluding tert-OH is 1. The molecule has 1 rings (SSSR count). The van der Waals surface area contributed by atoms with Crippen LogP contribution < -0.4 is 0 Å². The van der Waals surface area contributed by atoms with E-state index in [9.17, 15) is 14.7 Å². The minimum Gasteiger partial charge on any atom is -0.442 e. The Morgan fingerprint density at radius 2 is 2.12 bits per heavy atom. The Hall–Kier alpha value is -1.30. The van der Waals surface area contributed by atoms with E-state index in [0.717, 1.165) is 0 Å². The van der Waals surface area contributed by atoms with Crippen molar-refractivity contribution < 1.29 is 19.4 Å². The summed E-state index contributed by atoms with van der Waals surface area (Å²) >= 11 is 0. The zero-order valence-corrected chi connectivity index (χ0v) is 10.8. The average Bonchev–Trinajstić information content (AvgIpc) is 2.44. The van der Waals surface area contributed by atoms with Crippen LogP contribution >= 0.6 is 0 Å². The van der Waals surface area contributed by atoms with Crippen LogP contribution in [0.3, 0.4) is 0 Å². The Kier molecular flexibility index (Phi) is 3.98. The molecule has 1 saturated heterocycles. The molecule has 1 unspecified atom stereocenters. The molecular weight excluding hydrogens is 224 g/mol. The van der Waals surface area contributed by atoms with Gasteiger partial charge in [-0.25, -0.2) is 14.8 Å². The van der Waals surface area contributed by atoms with Crippen LogP contribution in [0.1, 0.15) is 34.1 Å². The maximum absolute atomic E-state index is 11.8. The molecule has 1 atom stereocenters. The number of hydrogen-bond donors (Lipinski definition) is 1. The minimum absolute atomic E-state index is 0.109. The minimum atomic E-state index is -0.679. The van der Waals surface area contributed by atoms with Gasteiger partial charge in [-0.2, -0.15) is 0 Å². The molecule has 0 radical (unpaired) electrons. The van der Waals surface area contributed by atoms with Crippen molar-refractivity contribution in [2.24, 2.45) is 0 Å². The SMILES string of the molecule is CC(O)CN1C(=O)CCN1C(=O)OC(C)(C)C. The third-order valence-corrected chi connectivity index (χ3v) is 2.16. The standard InChI is InChI=1S/C11H20N2O4/c1-8(14)7-13-9(15)5-6-12(13)10(16)17-11(2,3)4/h8,14H,5-7H2,1-4H3. The summed E-state index contributed by atoms with van der Waals surface area (Å²) in [6.45, 7) is 7.28. The molecule has 17 heavy (non-hydrogen) atoms. The van der Waals surface area contributed by atoms with Gasteiger partial charge in [0.1, 0.15) is 5.60 Å². The largest absolute Gasteiger partial charge is 0.442 e. The molecule has 0 aromatic rings. The summed E-state index contributed by atoms with van der Waals surface area (Å²) in [6.07, 6.45) is -0.961. The zero-order valence-electron chi connectivity index (χ0n) is 10.8. The number of β-amino-alcohol motifs (C(OH)–C–C–N with tert-alkyl or cyclic N) is 1. The lowest BCUT2D eigenvalue weighted by Gasteiger charge is -2.30. The van der Waals surface area contributed by atoms with Crippen LogP contribution in [-0.2, 0) is 9.53 Å². The van der Waals surface area contributed by atoms with Crippen molar-refractivity contribution in [3.63, 3.8) is 0 Å². The average molecular weight is 244 g/mol. The molecule has 0 aliphatic carbocycles. The van der Waals surface area contributed by atoms with Crippen molar-refractivity contribution in [3.8, 4) is 0 Å². The molecule has 1 aliphatic rings. The Balaban J connectivity index is 2.69. The molecule has 0 aromatic carbocycles. The lowest BCUT2D eigenvalue weighted by Crippen LogP contribution is -2.47. The first-order valence-electron chi connectivity index (χ1n) is 5.69.